The summed E-state index contributed by atoms with van der Waals surface area (Å²) in [6.45, 7) is 3.94. The van der Waals surface area contributed by atoms with E-state index in [4.69, 9.17) is 19.4 Å². The minimum atomic E-state index is -0.611. The summed E-state index contributed by atoms with van der Waals surface area (Å²) in [5.41, 5.74) is 1.46. The zero-order chi connectivity index (χ0) is 21.1. The van der Waals surface area contributed by atoms with Gasteiger partial charge in [0.15, 0.2) is 5.75 Å². The summed E-state index contributed by atoms with van der Waals surface area (Å²) in [7, 11) is 1.27. The number of carbonyl (C=O) groups is 2. The van der Waals surface area contributed by atoms with Gasteiger partial charge in [-0.1, -0.05) is 6.92 Å². The second-order valence-electron chi connectivity index (χ2n) is 5.91. The number of hydroxylamine groups is 1. The Morgan fingerprint density at radius 2 is 2.04 bits per heavy atom. The van der Waals surface area contributed by atoms with E-state index >= 15 is 0 Å². The van der Waals surface area contributed by atoms with E-state index < -0.39 is 28.7 Å². The van der Waals surface area contributed by atoms with Gasteiger partial charge in [-0.25, -0.2) is 5.48 Å². The number of nitrogens with zero attached hydrogens (tertiary/aromatic N) is 1. The number of methoxy groups -OCH3 is 1. The van der Waals surface area contributed by atoms with Gasteiger partial charge in [0.1, 0.15) is 6.79 Å². The van der Waals surface area contributed by atoms with Crippen molar-refractivity contribution in [1.82, 2.24) is 10.8 Å². The molecule has 1 rings (SSSR count). The molecule has 2 amide bonds. The van der Waals surface area contributed by atoms with Gasteiger partial charge in [-0.15, -0.1) is 0 Å². The number of hydrogen-bond donors (Lipinski definition) is 3. The van der Waals surface area contributed by atoms with E-state index in [-0.39, 0.29) is 36.8 Å². The number of nitro benzene ring substituents is 1. The first-order valence-electron chi connectivity index (χ1n) is 8.56. The van der Waals surface area contributed by atoms with Crippen molar-refractivity contribution in [3.05, 3.63) is 33.9 Å². The van der Waals surface area contributed by atoms with Gasteiger partial charge in [0.25, 0.3) is 5.91 Å². The third-order valence-corrected chi connectivity index (χ3v) is 3.86. The van der Waals surface area contributed by atoms with Crippen molar-refractivity contribution in [3.8, 4) is 5.75 Å². The van der Waals surface area contributed by atoms with Crippen LogP contribution in [-0.4, -0.2) is 55.1 Å². The van der Waals surface area contributed by atoms with Crippen molar-refractivity contribution in [2.24, 2.45) is 5.92 Å². The summed E-state index contributed by atoms with van der Waals surface area (Å²) in [5.74, 6) is -1.76. The van der Waals surface area contributed by atoms with Crippen molar-refractivity contribution < 1.29 is 33.9 Å². The molecule has 3 N–H and O–H groups in total. The van der Waals surface area contributed by atoms with Crippen LogP contribution in [-0.2, 0) is 14.3 Å². The van der Waals surface area contributed by atoms with Crippen molar-refractivity contribution in [3.63, 3.8) is 0 Å². The molecule has 2 atom stereocenters. The minimum Gasteiger partial charge on any atom is -0.490 e. The molecule has 0 aromatic heterocycles. The topological polar surface area (TPSA) is 149 Å². The van der Waals surface area contributed by atoms with Crippen LogP contribution in [0.5, 0.6) is 5.75 Å². The highest BCUT2D eigenvalue weighted by molar-refractivity contribution is 5.95. The first-order chi connectivity index (χ1) is 13.3. The summed E-state index contributed by atoms with van der Waals surface area (Å²) >= 11 is 0. The van der Waals surface area contributed by atoms with Gasteiger partial charge in [-0.05, 0) is 19.4 Å². The lowest BCUT2D eigenvalue weighted by molar-refractivity contribution is -0.385. The number of ether oxygens (including phenoxy) is 3. The van der Waals surface area contributed by atoms with E-state index in [9.17, 15) is 19.7 Å². The van der Waals surface area contributed by atoms with Crippen LogP contribution < -0.4 is 15.5 Å². The van der Waals surface area contributed by atoms with Gasteiger partial charge in [-0.2, -0.15) is 0 Å². The average molecular weight is 399 g/mol. The standard InChI is InChI=1S/C17H25N3O8/c1-4-27-10-28-9-13(7-11(2)16(21)19-23)18-17(22)12-5-6-14(20(24)25)15(8-12)26-3/h5-6,8,11,13,23H,4,7,9-10H2,1-3H3,(H,18,22)(H,19,21)/t11-,13-/m0/s1. The molecular weight excluding hydrogens is 374 g/mol. The zero-order valence-corrected chi connectivity index (χ0v) is 16.0. The number of rotatable bonds is 12. The Balaban J connectivity index is 2.88. The Hall–Kier alpha value is -2.76. The van der Waals surface area contributed by atoms with Crippen molar-refractivity contribution in [1.29, 1.82) is 0 Å². The summed E-state index contributed by atoms with van der Waals surface area (Å²) in [5, 5.41) is 22.4. The van der Waals surface area contributed by atoms with Gasteiger partial charge >= 0.3 is 5.69 Å². The maximum absolute atomic E-state index is 12.5. The molecule has 0 bridgehead atoms. The summed E-state index contributed by atoms with van der Waals surface area (Å²) in [4.78, 5) is 34.4. The number of amides is 2. The first-order valence-corrected chi connectivity index (χ1v) is 8.56. The van der Waals surface area contributed by atoms with E-state index in [1.165, 1.54) is 25.3 Å². The second-order valence-corrected chi connectivity index (χ2v) is 5.91. The van der Waals surface area contributed by atoms with Gasteiger partial charge in [-0.3, -0.25) is 24.9 Å². The van der Waals surface area contributed by atoms with Crippen LogP contribution in [0.25, 0.3) is 0 Å². The van der Waals surface area contributed by atoms with Crippen LogP contribution in [0.15, 0.2) is 18.2 Å². The van der Waals surface area contributed by atoms with Crippen LogP contribution in [0.1, 0.15) is 30.6 Å². The molecule has 0 aliphatic heterocycles. The average Bonchev–Trinajstić information content (AvgIpc) is 2.69. The number of benzene rings is 1. The number of carbonyl (C=O) groups excluding carboxylic acids is 2. The Morgan fingerprint density at radius 1 is 1.32 bits per heavy atom. The number of nitrogens with one attached hydrogen (secondary N) is 2. The fourth-order valence-corrected chi connectivity index (χ4v) is 2.38. The third-order valence-electron chi connectivity index (χ3n) is 3.86. The smallest absolute Gasteiger partial charge is 0.310 e. The summed E-state index contributed by atoms with van der Waals surface area (Å²) in [6, 6.07) is 3.17. The Bertz CT molecular complexity index is 682. The molecule has 1 aromatic rings. The second kappa shape index (κ2) is 11.8. The molecule has 0 saturated heterocycles. The third kappa shape index (κ3) is 7.10. The van der Waals surface area contributed by atoms with Gasteiger partial charge in [0.05, 0.1) is 24.7 Å². The van der Waals surface area contributed by atoms with Crippen LogP contribution >= 0.6 is 0 Å². The highest BCUT2D eigenvalue weighted by atomic mass is 16.7. The molecular formula is C17H25N3O8. The van der Waals surface area contributed by atoms with Crippen LogP contribution in [0.4, 0.5) is 5.69 Å². The van der Waals surface area contributed by atoms with E-state index in [0.29, 0.717) is 6.61 Å². The normalized spacial score (nSPS) is 12.7. The quantitative estimate of drug-likeness (QED) is 0.156. The molecule has 0 spiro atoms. The Kier molecular flexibility index (Phi) is 9.85. The van der Waals surface area contributed by atoms with E-state index in [2.05, 4.69) is 5.32 Å². The molecule has 0 heterocycles. The molecule has 11 heteroatoms. The number of nitro groups is 1. The van der Waals surface area contributed by atoms with Gasteiger partial charge in [0.2, 0.25) is 5.91 Å². The summed E-state index contributed by atoms with van der Waals surface area (Å²) in [6.07, 6.45) is 0.189. The van der Waals surface area contributed by atoms with E-state index in [0.717, 1.165) is 0 Å². The molecule has 11 nitrogen and oxygen atoms in total. The SMILES string of the molecule is CCOCOC[C@H](C[C@H](C)C(=O)NO)NC(=O)c1ccc([N+](=O)[O-])c(OC)c1. The van der Waals surface area contributed by atoms with Gasteiger partial charge < -0.3 is 19.5 Å². The van der Waals surface area contributed by atoms with Crippen LogP contribution in [0, 0.1) is 16.0 Å². The molecule has 0 fully saturated rings. The fraction of sp³-hybridized carbons (Fsp3) is 0.529. The monoisotopic (exact) mass is 399 g/mol. The lowest BCUT2D eigenvalue weighted by Gasteiger charge is -2.21. The number of hydrogen-bond acceptors (Lipinski definition) is 8. The maximum Gasteiger partial charge on any atom is 0.310 e. The molecule has 0 unspecified atom stereocenters. The minimum absolute atomic E-state index is 0.0226. The fourth-order valence-electron chi connectivity index (χ4n) is 2.38. The largest absolute Gasteiger partial charge is 0.490 e. The Labute approximate surface area is 162 Å². The highest BCUT2D eigenvalue weighted by Crippen LogP contribution is 2.27. The van der Waals surface area contributed by atoms with Crippen molar-refractivity contribution >= 4 is 17.5 Å². The first kappa shape index (κ1) is 23.3. The van der Waals surface area contributed by atoms with E-state index in [1.54, 1.807) is 19.3 Å². The molecule has 0 radical (unpaired) electrons. The highest BCUT2D eigenvalue weighted by Gasteiger charge is 2.23. The lowest BCUT2D eigenvalue weighted by Crippen LogP contribution is -2.41. The summed E-state index contributed by atoms with van der Waals surface area (Å²) < 4.78 is 15.4. The molecule has 1 aromatic carbocycles. The molecule has 0 aliphatic carbocycles. The molecule has 0 aliphatic rings. The van der Waals surface area contributed by atoms with Crippen LogP contribution in [0.3, 0.4) is 0 Å². The van der Waals surface area contributed by atoms with Crippen molar-refractivity contribution in [2.75, 3.05) is 27.1 Å². The molecule has 0 saturated carbocycles. The van der Waals surface area contributed by atoms with E-state index in [1.807, 2.05) is 0 Å². The molecule has 28 heavy (non-hydrogen) atoms. The zero-order valence-electron chi connectivity index (χ0n) is 16.0. The van der Waals surface area contributed by atoms with Crippen LogP contribution in [0.2, 0.25) is 0 Å². The molecule has 156 valence electrons. The van der Waals surface area contributed by atoms with Crippen molar-refractivity contribution in [2.45, 2.75) is 26.3 Å². The lowest BCUT2D eigenvalue weighted by atomic mass is 10.0. The maximum atomic E-state index is 12.5. The predicted octanol–water partition coefficient (Wildman–Crippen LogP) is 1.24. The van der Waals surface area contributed by atoms with Gasteiger partial charge in [0, 0.05) is 30.2 Å². The Morgan fingerprint density at radius 3 is 2.61 bits per heavy atom. The predicted molar refractivity (Wildman–Crippen MR) is 97.1 cm³/mol.